The maximum absolute atomic E-state index is 13.2. The van der Waals surface area contributed by atoms with Gasteiger partial charge in [-0.1, -0.05) is 37.6 Å². The number of rotatable bonds is 10. The zero-order valence-corrected chi connectivity index (χ0v) is 16.9. The van der Waals surface area contributed by atoms with E-state index in [-0.39, 0.29) is 12.5 Å². The predicted octanol–water partition coefficient (Wildman–Crippen LogP) is 4.66. The SMILES string of the molecule is CCOc1cc(CNC(C(=O)O)C(C)C)ccc1OCc1ccc(F)cc1Cl. The fraction of sp³-hybridized carbons (Fsp3) is 0.381. The second-order valence-electron chi connectivity index (χ2n) is 6.68. The van der Waals surface area contributed by atoms with Gasteiger partial charge in [0.05, 0.1) is 11.6 Å². The number of hydrogen-bond acceptors (Lipinski definition) is 4. The molecule has 2 aromatic carbocycles. The number of ether oxygens (including phenoxy) is 2. The van der Waals surface area contributed by atoms with Crippen LogP contribution in [0.3, 0.4) is 0 Å². The summed E-state index contributed by atoms with van der Waals surface area (Å²) in [5.41, 5.74) is 1.54. The maximum Gasteiger partial charge on any atom is 0.320 e. The van der Waals surface area contributed by atoms with Crippen molar-refractivity contribution in [2.45, 2.75) is 40.0 Å². The van der Waals surface area contributed by atoms with Crippen LogP contribution in [0.5, 0.6) is 11.5 Å². The number of carboxylic acid groups (broad SMARTS) is 1. The summed E-state index contributed by atoms with van der Waals surface area (Å²) in [4.78, 5) is 11.3. The van der Waals surface area contributed by atoms with E-state index in [9.17, 15) is 14.3 Å². The van der Waals surface area contributed by atoms with Crippen molar-refractivity contribution in [3.8, 4) is 11.5 Å². The van der Waals surface area contributed by atoms with Crippen molar-refractivity contribution in [1.29, 1.82) is 0 Å². The van der Waals surface area contributed by atoms with Crippen LogP contribution in [0.25, 0.3) is 0 Å². The fourth-order valence-electron chi connectivity index (χ4n) is 2.68. The van der Waals surface area contributed by atoms with E-state index in [4.69, 9.17) is 21.1 Å². The molecule has 5 nitrogen and oxygen atoms in total. The van der Waals surface area contributed by atoms with Crippen molar-refractivity contribution < 1.29 is 23.8 Å². The molecule has 0 bridgehead atoms. The molecular formula is C21H25ClFNO4. The third-order valence-corrected chi connectivity index (χ3v) is 4.52. The fourth-order valence-corrected chi connectivity index (χ4v) is 2.90. The zero-order valence-electron chi connectivity index (χ0n) is 16.2. The zero-order chi connectivity index (χ0) is 20.7. The Kier molecular flexibility index (Phi) is 8.08. The molecule has 7 heteroatoms. The monoisotopic (exact) mass is 409 g/mol. The van der Waals surface area contributed by atoms with E-state index in [0.29, 0.717) is 35.2 Å². The molecule has 0 aliphatic rings. The molecule has 1 unspecified atom stereocenters. The second-order valence-corrected chi connectivity index (χ2v) is 7.09. The first-order valence-corrected chi connectivity index (χ1v) is 9.48. The van der Waals surface area contributed by atoms with Crippen molar-refractivity contribution in [2.24, 2.45) is 5.92 Å². The summed E-state index contributed by atoms with van der Waals surface area (Å²) < 4.78 is 24.6. The first kappa shape index (κ1) is 22.0. The van der Waals surface area contributed by atoms with Gasteiger partial charge in [-0.25, -0.2) is 4.39 Å². The molecule has 0 saturated carbocycles. The largest absolute Gasteiger partial charge is 0.490 e. The molecule has 0 heterocycles. The lowest BCUT2D eigenvalue weighted by atomic mass is 10.0. The molecule has 0 radical (unpaired) electrons. The highest BCUT2D eigenvalue weighted by Gasteiger charge is 2.20. The van der Waals surface area contributed by atoms with Crippen LogP contribution in [0.4, 0.5) is 4.39 Å². The molecule has 2 N–H and O–H groups in total. The van der Waals surface area contributed by atoms with Gasteiger partial charge in [-0.05, 0) is 42.7 Å². The Morgan fingerprint density at radius 1 is 1.18 bits per heavy atom. The van der Waals surface area contributed by atoms with Gasteiger partial charge in [-0.3, -0.25) is 4.79 Å². The molecule has 0 aromatic heterocycles. The summed E-state index contributed by atoms with van der Waals surface area (Å²) in [7, 11) is 0. The third kappa shape index (κ3) is 6.11. The van der Waals surface area contributed by atoms with Gasteiger partial charge in [-0.15, -0.1) is 0 Å². The van der Waals surface area contributed by atoms with Crippen LogP contribution in [0, 0.1) is 11.7 Å². The Hall–Kier alpha value is -2.31. The highest BCUT2D eigenvalue weighted by atomic mass is 35.5. The summed E-state index contributed by atoms with van der Waals surface area (Å²) in [5.74, 6) is -0.231. The van der Waals surface area contributed by atoms with E-state index in [1.54, 1.807) is 12.1 Å². The van der Waals surface area contributed by atoms with Crippen LogP contribution in [-0.2, 0) is 17.9 Å². The van der Waals surface area contributed by atoms with E-state index in [1.807, 2.05) is 32.9 Å². The molecule has 152 valence electrons. The minimum Gasteiger partial charge on any atom is -0.490 e. The molecule has 0 spiro atoms. The van der Waals surface area contributed by atoms with Crippen LogP contribution in [0.15, 0.2) is 36.4 Å². The molecule has 2 aromatic rings. The number of benzene rings is 2. The number of carboxylic acids is 1. The average molecular weight is 410 g/mol. The smallest absolute Gasteiger partial charge is 0.320 e. The Morgan fingerprint density at radius 3 is 2.54 bits per heavy atom. The molecule has 0 saturated heterocycles. The van der Waals surface area contributed by atoms with Gasteiger partial charge in [0.25, 0.3) is 0 Å². The molecule has 28 heavy (non-hydrogen) atoms. The molecule has 0 amide bonds. The van der Waals surface area contributed by atoms with Crippen molar-refractivity contribution in [3.63, 3.8) is 0 Å². The van der Waals surface area contributed by atoms with Crippen LogP contribution in [-0.4, -0.2) is 23.7 Å². The van der Waals surface area contributed by atoms with Gasteiger partial charge in [-0.2, -0.15) is 0 Å². The topological polar surface area (TPSA) is 67.8 Å². The van der Waals surface area contributed by atoms with E-state index in [0.717, 1.165) is 5.56 Å². The van der Waals surface area contributed by atoms with Crippen molar-refractivity contribution in [1.82, 2.24) is 5.32 Å². The normalized spacial score (nSPS) is 12.1. The number of nitrogens with one attached hydrogen (secondary N) is 1. The van der Waals surface area contributed by atoms with Gasteiger partial charge in [0.1, 0.15) is 18.5 Å². The lowest BCUT2D eigenvalue weighted by molar-refractivity contribution is -0.140. The summed E-state index contributed by atoms with van der Waals surface area (Å²) in [6.45, 7) is 6.59. The van der Waals surface area contributed by atoms with Crippen molar-refractivity contribution in [3.05, 3.63) is 58.4 Å². The van der Waals surface area contributed by atoms with Crippen LogP contribution >= 0.6 is 11.6 Å². The molecular weight excluding hydrogens is 385 g/mol. The highest BCUT2D eigenvalue weighted by molar-refractivity contribution is 6.31. The number of halogens is 2. The van der Waals surface area contributed by atoms with Crippen LogP contribution < -0.4 is 14.8 Å². The predicted molar refractivity (Wildman–Crippen MR) is 106 cm³/mol. The van der Waals surface area contributed by atoms with Gasteiger partial charge >= 0.3 is 5.97 Å². The lowest BCUT2D eigenvalue weighted by Gasteiger charge is -2.19. The molecule has 0 aliphatic heterocycles. The minimum absolute atomic E-state index is 0.0353. The van der Waals surface area contributed by atoms with Crippen molar-refractivity contribution in [2.75, 3.05) is 6.61 Å². The number of hydrogen-bond donors (Lipinski definition) is 2. The molecule has 1 atom stereocenters. The Morgan fingerprint density at radius 2 is 1.93 bits per heavy atom. The van der Waals surface area contributed by atoms with Gasteiger partial charge in [0.2, 0.25) is 0 Å². The summed E-state index contributed by atoms with van der Waals surface area (Å²) in [6.07, 6.45) is 0. The Balaban J connectivity index is 2.10. The Bertz CT molecular complexity index is 813. The number of carbonyl (C=O) groups is 1. The summed E-state index contributed by atoms with van der Waals surface area (Å²) in [5, 5.41) is 12.6. The average Bonchev–Trinajstić information content (AvgIpc) is 2.62. The third-order valence-electron chi connectivity index (χ3n) is 4.17. The van der Waals surface area contributed by atoms with E-state index in [1.165, 1.54) is 12.1 Å². The lowest BCUT2D eigenvalue weighted by Crippen LogP contribution is -2.40. The second kappa shape index (κ2) is 10.3. The Labute approximate surface area is 169 Å². The van der Waals surface area contributed by atoms with Gasteiger partial charge in [0, 0.05) is 12.1 Å². The quantitative estimate of drug-likeness (QED) is 0.597. The van der Waals surface area contributed by atoms with E-state index in [2.05, 4.69) is 5.32 Å². The molecule has 0 aliphatic carbocycles. The van der Waals surface area contributed by atoms with Crippen LogP contribution in [0.2, 0.25) is 5.02 Å². The molecule has 2 rings (SSSR count). The first-order valence-electron chi connectivity index (χ1n) is 9.10. The van der Waals surface area contributed by atoms with E-state index >= 15 is 0 Å². The van der Waals surface area contributed by atoms with Gasteiger partial charge < -0.3 is 19.9 Å². The molecule has 0 fully saturated rings. The van der Waals surface area contributed by atoms with Crippen molar-refractivity contribution >= 4 is 17.6 Å². The van der Waals surface area contributed by atoms with E-state index < -0.39 is 17.8 Å². The minimum atomic E-state index is -0.879. The van der Waals surface area contributed by atoms with Gasteiger partial charge in [0.15, 0.2) is 11.5 Å². The summed E-state index contributed by atoms with van der Waals surface area (Å²) >= 11 is 6.04. The van der Waals surface area contributed by atoms with Crippen LogP contribution in [0.1, 0.15) is 31.9 Å². The summed E-state index contributed by atoms with van der Waals surface area (Å²) in [6, 6.07) is 8.95. The number of aliphatic carboxylic acids is 1. The standard InChI is InChI=1S/C21H25ClFNO4/c1-4-27-19-9-14(11-24-20(13(2)3)21(25)26)5-8-18(19)28-12-15-6-7-16(23)10-17(15)22/h5-10,13,20,24H,4,11-12H2,1-3H3,(H,25,26). The highest BCUT2D eigenvalue weighted by Crippen LogP contribution is 2.30. The maximum atomic E-state index is 13.2. The first-order chi connectivity index (χ1) is 13.3.